The molecule has 114 valence electrons. The number of carbonyl (C=O) groups excluding carboxylic acids is 1. The zero-order valence-electron chi connectivity index (χ0n) is 12.2. The summed E-state index contributed by atoms with van der Waals surface area (Å²) in [6, 6.07) is 0. The molecule has 0 aliphatic rings. The van der Waals surface area contributed by atoms with Gasteiger partial charge in [-0.05, 0) is 40.3 Å². The van der Waals surface area contributed by atoms with Gasteiger partial charge in [0.25, 0.3) is 0 Å². The summed E-state index contributed by atoms with van der Waals surface area (Å²) in [5.41, 5.74) is -0.901. The highest BCUT2D eigenvalue weighted by atomic mass is 19.1. The summed E-state index contributed by atoms with van der Waals surface area (Å²) >= 11 is 0. The van der Waals surface area contributed by atoms with Crippen molar-refractivity contribution in [3.63, 3.8) is 0 Å². The smallest absolute Gasteiger partial charge is 0.207 e. The molecule has 0 aliphatic carbocycles. The van der Waals surface area contributed by atoms with Gasteiger partial charge < -0.3 is 20.1 Å². The third kappa shape index (κ3) is 9.81. The highest BCUT2D eigenvalue weighted by Crippen LogP contribution is 2.17. The van der Waals surface area contributed by atoms with E-state index in [9.17, 15) is 9.18 Å². The van der Waals surface area contributed by atoms with E-state index >= 15 is 0 Å². The van der Waals surface area contributed by atoms with Crippen molar-refractivity contribution in [1.29, 1.82) is 0 Å². The topological polar surface area (TPSA) is 59.6 Å². The summed E-state index contributed by atoms with van der Waals surface area (Å²) in [6.07, 6.45) is 0.972. The largest absolute Gasteiger partial charge is 0.381 e. The molecule has 19 heavy (non-hydrogen) atoms. The third-order valence-corrected chi connectivity index (χ3v) is 2.76. The van der Waals surface area contributed by atoms with E-state index in [1.54, 1.807) is 13.8 Å². The van der Waals surface area contributed by atoms with Gasteiger partial charge in [-0.3, -0.25) is 4.79 Å². The Bertz CT molecular complexity index is 228. The fraction of sp³-hybridized carbons (Fsp3) is 0.923. The van der Waals surface area contributed by atoms with Crippen LogP contribution >= 0.6 is 0 Å². The van der Waals surface area contributed by atoms with E-state index in [-0.39, 0.29) is 6.54 Å². The van der Waals surface area contributed by atoms with Crippen molar-refractivity contribution in [3.05, 3.63) is 0 Å². The lowest BCUT2D eigenvalue weighted by atomic mass is 10.0. The number of halogens is 1. The van der Waals surface area contributed by atoms with Gasteiger partial charge >= 0.3 is 0 Å². The first-order valence-corrected chi connectivity index (χ1v) is 6.72. The lowest BCUT2D eigenvalue weighted by molar-refractivity contribution is -0.111. The van der Waals surface area contributed by atoms with Crippen molar-refractivity contribution in [2.45, 2.75) is 38.5 Å². The molecule has 2 N–H and O–H groups in total. The number of hydrogen-bond acceptors (Lipinski definition) is 4. The number of carbonyl (C=O) groups is 1. The van der Waals surface area contributed by atoms with Crippen LogP contribution in [-0.4, -0.2) is 58.1 Å². The van der Waals surface area contributed by atoms with E-state index in [0.29, 0.717) is 19.6 Å². The second-order valence-electron chi connectivity index (χ2n) is 4.87. The van der Waals surface area contributed by atoms with Crippen LogP contribution in [-0.2, 0) is 14.3 Å². The minimum atomic E-state index is -1.23. The minimum absolute atomic E-state index is 0.0307. The summed E-state index contributed by atoms with van der Waals surface area (Å²) < 4.78 is 24.6. The molecule has 0 saturated heterocycles. The van der Waals surface area contributed by atoms with E-state index in [0.717, 1.165) is 26.0 Å². The van der Waals surface area contributed by atoms with Crippen LogP contribution in [0, 0.1) is 0 Å². The Morgan fingerprint density at radius 1 is 1.26 bits per heavy atom. The van der Waals surface area contributed by atoms with Crippen LogP contribution in [0.25, 0.3) is 0 Å². The van der Waals surface area contributed by atoms with E-state index < -0.39 is 11.8 Å². The number of nitrogens with one attached hydrogen (secondary N) is 2. The molecule has 0 aromatic carbocycles. The van der Waals surface area contributed by atoms with Crippen molar-refractivity contribution in [3.8, 4) is 0 Å². The first-order valence-electron chi connectivity index (χ1n) is 6.72. The summed E-state index contributed by atoms with van der Waals surface area (Å²) in [5, 5.41) is 5.36. The van der Waals surface area contributed by atoms with Gasteiger partial charge in [0.2, 0.25) is 6.41 Å². The molecule has 5 nitrogen and oxygen atoms in total. The van der Waals surface area contributed by atoms with Gasteiger partial charge in [0.1, 0.15) is 6.17 Å². The molecule has 1 unspecified atom stereocenters. The first-order chi connectivity index (χ1) is 9.04. The predicted molar refractivity (Wildman–Crippen MR) is 73.0 cm³/mol. The number of ether oxygens (including phenoxy) is 2. The van der Waals surface area contributed by atoms with Gasteiger partial charge in [-0.15, -0.1) is 0 Å². The van der Waals surface area contributed by atoms with E-state index in [2.05, 4.69) is 10.6 Å². The first kappa shape index (κ1) is 18.3. The van der Waals surface area contributed by atoms with Crippen molar-refractivity contribution in [2.24, 2.45) is 0 Å². The van der Waals surface area contributed by atoms with Gasteiger partial charge in [0.05, 0.1) is 12.1 Å². The van der Waals surface area contributed by atoms with Gasteiger partial charge in [0.15, 0.2) is 0 Å². The molecule has 0 aliphatic heterocycles. The van der Waals surface area contributed by atoms with Crippen molar-refractivity contribution in [2.75, 3.05) is 40.0 Å². The molecule has 1 amide bonds. The number of amides is 1. The fourth-order valence-electron chi connectivity index (χ4n) is 1.44. The Morgan fingerprint density at radius 2 is 1.95 bits per heavy atom. The van der Waals surface area contributed by atoms with Gasteiger partial charge in [-0.2, -0.15) is 0 Å². The van der Waals surface area contributed by atoms with Crippen molar-refractivity contribution < 1.29 is 18.7 Å². The molecule has 0 fully saturated rings. The minimum Gasteiger partial charge on any atom is -0.381 e. The maximum atomic E-state index is 13.7. The molecule has 1 atom stereocenters. The molecule has 0 radical (unpaired) electrons. The molecule has 0 aromatic heterocycles. The quantitative estimate of drug-likeness (QED) is 0.388. The summed E-state index contributed by atoms with van der Waals surface area (Å²) in [4.78, 5) is 10.1. The highest BCUT2D eigenvalue weighted by Gasteiger charge is 2.29. The second-order valence-corrected chi connectivity index (χ2v) is 4.87. The Morgan fingerprint density at radius 3 is 2.58 bits per heavy atom. The maximum absolute atomic E-state index is 13.7. The number of hydrogen-bond donors (Lipinski definition) is 2. The molecule has 0 saturated carbocycles. The molecular weight excluding hydrogens is 251 g/mol. The zero-order chi connectivity index (χ0) is 14.6. The Kier molecular flexibility index (Phi) is 10.7. The highest BCUT2D eigenvalue weighted by molar-refractivity contribution is 5.45. The van der Waals surface area contributed by atoms with E-state index in [1.807, 2.05) is 7.05 Å². The van der Waals surface area contributed by atoms with Crippen LogP contribution in [0.5, 0.6) is 0 Å². The van der Waals surface area contributed by atoms with Gasteiger partial charge in [-0.1, -0.05) is 0 Å². The van der Waals surface area contributed by atoms with Crippen LogP contribution in [0.2, 0.25) is 0 Å². The Hall–Kier alpha value is -0.720. The molecule has 0 rings (SSSR count). The normalized spacial score (nSPS) is 13.3. The maximum Gasteiger partial charge on any atom is 0.207 e. The predicted octanol–water partition coefficient (Wildman–Crippen LogP) is 0.882. The number of rotatable bonds is 13. The van der Waals surface area contributed by atoms with Crippen LogP contribution in [0.3, 0.4) is 0 Å². The van der Waals surface area contributed by atoms with Gasteiger partial charge in [0, 0.05) is 19.8 Å². The monoisotopic (exact) mass is 278 g/mol. The fourth-order valence-corrected chi connectivity index (χ4v) is 1.44. The summed E-state index contributed by atoms with van der Waals surface area (Å²) in [7, 11) is 1.91. The van der Waals surface area contributed by atoms with Crippen LogP contribution in [0.15, 0.2) is 0 Å². The molecule has 0 aromatic rings. The molecule has 0 bridgehead atoms. The van der Waals surface area contributed by atoms with Crippen LogP contribution < -0.4 is 10.6 Å². The summed E-state index contributed by atoms with van der Waals surface area (Å²) in [6.45, 7) is 6.05. The second kappa shape index (κ2) is 11.1. The Balaban J connectivity index is 3.54. The van der Waals surface area contributed by atoms with Crippen molar-refractivity contribution in [1.82, 2.24) is 10.6 Å². The molecular formula is C13H27FN2O3. The average molecular weight is 278 g/mol. The lowest BCUT2D eigenvalue weighted by Crippen LogP contribution is -2.42. The van der Waals surface area contributed by atoms with Crippen LogP contribution in [0.1, 0.15) is 26.7 Å². The average Bonchev–Trinajstić information content (AvgIpc) is 2.38. The molecule has 0 spiro atoms. The third-order valence-electron chi connectivity index (χ3n) is 2.76. The van der Waals surface area contributed by atoms with Crippen LogP contribution in [0.4, 0.5) is 4.39 Å². The van der Waals surface area contributed by atoms with Gasteiger partial charge in [-0.25, -0.2) is 4.39 Å². The molecule has 6 heteroatoms. The number of alkyl halides is 1. The van der Waals surface area contributed by atoms with Crippen molar-refractivity contribution >= 4 is 6.41 Å². The SMILES string of the molecule is CNCCCOCCCOC(C)(C)C(F)CNC=O. The summed E-state index contributed by atoms with van der Waals surface area (Å²) in [5.74, 6) is 0. The van der Waals surface area contributed by atoms with E-state index in [4.69, 9.17) is 9.47 Å². The Labute approximate surface area is 115 Å². The van der Waals surface area contributed by atoms with E-state index in [1.165, 1.54) is 0 Å². The standard InChI is InChI=1S/C13H27FN2O3/c1-13(2,12(14)10-16-11-17)19-9-5-8-18-7-4-6-15-3/h11-12,15H,4-10H2,1-3H3,(H,16,17). The zero-order valence-corrected chi connectivity index (χ0v) is 12.2. The lowest BCUT2D eigenvalue weighted by Gasteiger charge is -2.28. The molecule has 0 heterocycles.